The maximum absolute atomic E-state index is 12.2. The van der Waals surface area contributed by atoms with Crippen molar-refractivity contribution in [2.45, 2.75) is 80.4 Å². The number of ether oxygens (including phenoxy) is 8. The molecule has 3 N–H and O–H groups in total. The lowest BCUT2D eigenvalue weighted by molar-refractivity contribution is -0.379. The number of hydrogen-bond acceptors (Lipinski definition) is 13. The van der Waals surface area contributed by atoms with Crippen LogP contribution in [-0.2, 0) is 42.7 Å². The highest BCUT2D eigenvalue weighted by Gasteiger charge is 2.60. The smallest absolute Gasteiger partial charge is 0.366 e. The number of esters is 1. The number of rotatable bonds is 6. The lowest BCUT2D eigenvalue weighted by atomic mass is 9.96. The molecule has 0 amide bonds. The van der Waals surface area contributed by atoms with E-state index in [-0.39, 0.29) is 13.2 Å². The summed E-state index contributed by atoms with van der Waals surface area (Å²) in [6.07, 6.45) is -13.2. The average molecular weight is 539 g/mol. The lowest BCUT2D eigenvalue weighted by Crippen LogP contribution is -2.65. The number of carbonyl (C=O) groups is 1. The molecule has 4 aliphatic rings. The molecule has 0 aliphatic carbocycles. The fourth-order valence-corrected chi connectivity index (χ4v) is 4.96. The minimum atomic E-state index is -1.86. The minimum Gasteiger partial charge on any atom is -0.465 e. The Hall–Kier alpha value is -2.40. The number of methoxy groups -OCH3 is 1. The van der Waals surface area contributed by atoms with E-state index >= 15 is 0 Å². The summed E-state index contributed by atoms with van der Waals surface area (Å²) in [7, 11) is 1.15. The van der Waals surface area contributed by atoms with E-state index in [0.29, 0.717) is 0 Å². The van der Waals surface area contributed by atoms with E-state index in [4.69, 9.17) is 43.4 Å². The Morgan fingerprint density at radius 2 is 1.87 bits per heavy atom. The Kier molecular flexibility index (Phi) is 7.86. The Morgan fingerprint density at radius 1 is 1.11 bits per heavy atom. The summed E-state index contributed by atoms with van der Waals surface area (Å²) >= 11 is 0. The second-order valence-electron chi connectivity index (χ2n) is 9.39. The predicted molar refractivity (Wildman–Crippen MR) is 121 cm³/mol. The first-order valence-electron chi connectivity index (χ1n) is 12.0. The third-order valence-electron chi connectivity index (χ3n) is 6.90. The van der Waals surface area contributed by atoms with Crippen molar-refractivity contribution in [2.24, 2.45) is 5.11 Å². The van der Waals surface area contributed by atoms with Crippen LogP contribution in [0.3, 0.4) is 0 Å². The van der Waals surface area contributed by atoms with Gasteiger partial charge in [0.1, 0.15) is 42.7 Å². The molecule has 0 spiro atoms. The normalized spacial score (nSPS) is 44.4. The number of hydrogen-bond donors (Lipinski definition) is 3. The average Bonchev–Trinajstić information content (AvgIpc) is 3.29. The lowest BCUT2D eigenvalue weighted by Gasteiger charge is -2.48. The van der Waals surface area contributed by atoms with Crippen molar-refractivity contribution in [1.82, 2.24) is 0 Å². The van der Waals surface area contributed by atoms with E-state index in [9.17, 15) is 20.1 Å². The van der Waals surface area contributed by atoms with Gasteiger partial charge in [0, 0.05) is 17.4 Å². The summed E-state index contributed by atoms with van der Waals surface area (Å²) in [5.74, 6) is -2.71. The van der Waals surface area contributed by atoms with Crippen molar-refractivity contribution in [3.8, 4) is 0 Å². The molecule has 0 radical (unpaired) electrons. The van der Waals surface area contributed by atoms with E-state index < -0.39 is 79.5 Å². The third kappa shape index (κ3) is 4.99. The third-order valence-corrected chi connectivity index (χ3v) is 6.90. The number of carbonyl (C=O) groups excluding carboxylic acids is 1. The Bertz CT molecular complexity index is 1040. The van der Waals surface area contributed by atoms with E-state index in [0.717, 1.165) is 12.7 Å². The highest BCUT2D eigenvalue weighted by molar-refractivity contribution is 5.77. The van der Waals surface area contributed by atoms with Crippen molar-refractivity contribution < 1.29 is 58.0 Å². The fourth-order valence-electron chi connectivity index (χ4n) is 4.96. The molecule has 0 saturated carbocycles. The Morgan fingerprint density at radius 3 is 2.58 bits per heavy atom. The first-order chi connectivity index (χ1) is 18.3. The van der Waals surface area contributed by atoms with Gasteiger partial charge < -0.3 is 53.2 Å². The monoisotopic (exact) mass is 539 g/mol. The van der Waals surface area contributed by atoms with Gasteiger partial charge in [-0.3, -0.25) is 0 Å². The SMILES string of the molecule is COC(=O)C1(C)OC2C(O)[C@H](O[C@@H]3OC4COC(c5ccccc5)O[C@@H]4[C@H](O)C3O)[C@@H](CN=[N+]=[N-])O[C@@H]2O1. The molecule has 6 unspecified atom stereocenters. The molecule has 0 aromatic heterocycles. The molecule has 12 atom stereocenters. The number of aliphatic hydroxyl groups excluding tert-OH is 3. The van der Waals surface area contributed by atoms with Crippen molar-refractivity contribution in [3.05, 3.63) is 46.3 Å². The maximum Gasteiger partial charge on any atom is 0.366 e. The topological polar surface area (TPSA) is 200 Å². The number of aliphatic hydroxyl groups is 3. The zero-order chi connectivity index (χ0) is 27.0. The summed E-state index contributed by atoms with van der Waals surface area (Å²) in [5.41, 5.74) is 9.55. The van der Waals surface area contributed by atoms with Gasteiger partial charge in [-0.1, -0.05) is 35.4 Å². The van der Waals surface area contributed by atoms with Crippen LogP contribution in [-0.4, -0.2) is 109 Å². The van der Waals surface area contributed by atoms with E-state index in [1.165, 1.54) is 6.92 Å². The molecule has 4 fully saturated rings. The predicted octanol–water partition coefficient (Wildman–Crippen LogP) is -0.367. The van der Waals surface area contributed by atoms with Crippen LogP contribution in [0.15, 0.2) is 35.4 Å². The van der Waals surface area contributed by atoms with Gasteiger partial charge >= 0.3 is 5.97 Å². The number of nitrogens with zero attached hydrogens (tertiary/aromatic N) is 3. The number of azide groups is 1. The zero-order valence-corrected chi connectivity index (χ0v) is 20.5. The van der Waals surface area contributed by atoms with Crippen molar-refractivity contribution in [2.75, 3.05) is 20.3 Å². The zero-order valence-electron chi connectivity index (χ0n) is 20.5. The maximum atomic E-state index is 12.2. The molecule has 0 bridgehead atoms. The first kappa shape index (κ1) is 27.2. The van der Waals surface area contributed by atoms with Gasteiger partial charge in [0.25, 0.3) is 5.79 Å². The van der Waals surface area contributed by atoms with E-state index in [1.54, 1.807) is 0 Å². The highest BCUT2D eigenvalue weighted by atomic mass is 16.9. The quantitative estimate of drug-likeness (QED) is 0.184. The van der Waals surface area contributed by atoms with Crippen molar-refractivity contribution >= 4 is 5.97 Å². The van der Waals surface area contributed by atoms with Crippen LogP contribution in [0.5, 0.6) is 0 Å². The molecular weight excluding hydrogens is 510 g/mol. The Labute approximate surface area is 216 Å². The van der Waals surface area contributed by atoms with E-state index in [1.807, 2.05) is 30.3 Å². The second-order valence-corrected chi connectivity index (χ2v) is 9.39. The molecule has 4 aliphatic heterocycles. The van der Waals surface area contributed by atoms with Crippen LogP contribution in [0, 0.1) is 0 Å². The fraction of sp³-hybridized carbons (Fsp3) is 0.696. The van der Waals surface area contributed by atoms with Crippen LogP contribution < -0.4 is 0 Å². The van der Waals surface area contributed by atoms with Gasteiger partial charge in [-0.2, -0.15) is 0 Å². The van der Waals surface area contributed by atoms with Gasteiger partial charge in [0.2, 0.25) is 0 Å². The standard InChI is InChI=1S/C23H29N3O12/c1-23(22(30)31-2)37-18-15(29)16(11(8-25-26-24)33-21(18)38-23)36-20-14(28)13(27)17-12(34-20)9-32-19(35-17)10-6-4-3-5-7-10/h3-7,11-21,27-29H,8-9H2,1-2H3/t11-,12?,13-,14?,15?,16-,17+,18?,19?,20+,21-,23?/m1/s1. The largest absolute Gasteiger partial charge is 0.465 e. The summed E-state index contributed by atoms with van der Waals surface area (Å²) in [6.45, 7) is 1.04. The summed E-state index contributed by atoms with van der Waals surface area (Å²) < 4.78 is 45.1. The second kappa shape index (κ2) is 11.0. The van der Waals surface area contributed by atoms with Gasteiger partial charge in [-0.25, -0.2) is 4.79 Å². The molecule has 208 valence electrons. The molecular formula is C23H29N3O12. The van der Waals surface area contributed by atoms with Crippen LogP contribution in [0.25, 0.3) is 10.4 Å². The van der Waals surface area contributed by atoms with Crippen LogP contribution in [0.4, 0.5) is 0 Å². The van der Waals surface area contributed by atoms with Crippen molar-refractivity contribution in [3.63, 3.8) is 0 Å². The summed E-state index contributed by atoms with van der Waals surface area (Å²) in [5, 5.41) is 36.3. The highest BCUT2D eigenvalue weighted by Crippen LogP contribution is 2.40. The molecule has 5 rings (SSSR count). The van der Waals surface area contributed by atoms with Crippen LogP contribution >= 0.6 is 0 Å². The van der Waals surface area contributed by atoms with Crippen LogP contribution in [0.2, 0.25) is 0 Å². The van der Waals surface area contributed by atoms with Crippen LogP contribution in [0.1, 0.15) is 18.8 Å². The molecule has 38 heavy (non-hydrogen) atoms. The number of benzene rings is 1. The molecule has 1 aromatic rings. The van der Waals surface area contributed by atoms with Gasteiger partial charge in [-0.05, 0) is 5.53 Å². The molecule has 1 aromatic carbocycles. The van der Waals surface area contributed by atoms with Gasteiger partial charge in [-0.15, -0.1) is 0 Å². The molecule has 4 heterocycles. The van der Waals surface area contributed by atoms with Gasteiger partial charge in [0.05, 0.1) is 26.4 Å². The Balaban J connectivity index is 1.30. The molecule has 15 heteroatoms. The minimum absolute atomic E-state index is 0.0267. The van der Waals surface area contributed by atoms with Crippen molar-refractivity contribution in [1.29, 1.82) is 0 Å². The molecule has 15 nitrogen and oxygen atoms in total. The first-order valence-corrected chi connectivity index (χ1v) is 12.0. The molecule has 4 saturated heterocycles. The van der Waals surface area contributed by atoms with Gasteiger partial charge in [0.15, 0.2) is 18.9 Å². The summed E-state index contributed by atoms with van der Waals surface area (Å²) in [6, 6.07) is 9.11. The van der Waals surface area contributed by atoms with E-state index in [2.05, 4.69) is 10.0 Å². The summed E-state index contributed by atoms with van der Waals surface area (Å²) in [4.78, 5) is 14.9. The number of fused-ring (bicyclic) bond motifs is 2.